The van der Waals surface area contributed by atoms with Gasteiger partial charge in [0, 0.05) is 18.8 Å². The SMILES string of the molecule is OC(CNCc1ccc(-n2cnc3ccccc32)cc1)c1ccco1. The van der Waals surface area contributed by atoms with Crippen molar-refractivity contribution in [2.45, 2.75) is 12.6 Å². The molecular weight excluding hydrogens is 314 g/mol. The van der Waals surface area contributed by atoms with Gasteiger partial charge in [-0.05, 0) is 42.0 Å². The number of benzene rings is 2. The summed E-state index contributed by atoms with van der Waals surface area (Å²) in [6.07, 6.45) is 2.78. The molecule has 0 saturated heterocycles. The van der Waals surface area contributed by atoms with Gasteiger partial charge in [0.25, 0.3) is 0 Å². The summed E-state index contributed by atoms with van der Waals surface area (Å²) in [7, 11) is 0. The van der Waals surface area contributed by atoms with Crippen molar-refractivity contribution >= 4 is 11.0 Å². The predicted octanol–water partition coefficient (Wildman–Crippen LogP) is 3.44. The Morgan fingerprint density at radius 2 is 1.88 bits per heavy atom. The summed E-state index contributed by atoms with van der Waals surface area (Å²) in [6.45, 7) is 1.13. The van der Waals surface area contributed by atoms with Crippen LogP contribution in [0.2, 0.25) is 0 Å². The highest BCUT2D eigenvalue weighted by atomic mass is 16.4. The summed E-state index contributed by atoms with van der Waals surface area (Å²) in [5.41, 5.74) is 4.31. The van der Waals surface area contributed by atoms with Crippen molar-refractivity contribution < 1.29 is 9.52 Å². The number of nitrogens with one attached hydrogen (secondary N) is 1. The molecule has 0 radical (unpaired) electrons. The van der Waals surface area contributed by atoms with Crippen LogP contribution in [0.1, 0.15) is 17.4 Å². The Hall–Kier alpha value is -2.89. The van der Waals surface area contributed by atoms with Crippen LogP contribution in [0, 0.1) is 0 Å². The first-order valence-electron chi connectivity index (χ1n) is 8.25. The normalized spacial score (nSPS) is 12.5. The van der Waals surface area contributed by atoms with Gasteiger partial charge in [0.2, 0.25) is 0 Å². The maximum atomic E-state index is 9.99. The first-order valence-corrected chi connectivity index (χ1v) is 8.25. The van der Waals surface area contributed by atoms with E-state index in [1.54, 1.807) is 18.4 Å². The molecule has 4 aromatic rings. The lowest BCUT2D eigenvalue weighted by Crippen LogP contribution is -2.20. The van der Waals surface area contributed by atoms with Gasteiger partial charge in [-0.3, -0.25) is 4.57 Å². The third-order valence-corrected chi connectivity index (χ3v) is 4.21. The number of aliphatic hydroxyl groups is 1. The zero-order chi connectivity index (χ0) is 17.1. The van der Waals surface area contributed by atoms with Crippen LogP contribution in [-0.2, 0) is 6.54 Å². The Bertz CT molecular complexity index is 943. The summed E-state index contributed by atoms with van der Waals surface area (Å²) in [4.78, 5) is 4.42. The number of aliphatic hydroxyl groups excluding tert-OH is 1. The monoisotopic (exact) mass is 333 g/mol. The smallest absolute Gasteiger partial charge is 0.133 e. The van der Waals surface area contributed by atoms with Crippen molar-refractivity contribution in [1.82, 2.24) is 14.9 Å². The van der Waals surface area contributed by atoms with Gasteiger partial charge in [-0.25, -0.2) is 4.98 Å². The number of furan rings is 1. The number of nitrogens with zero attached hydrogens (tertiary/aromatic N) is 2. The van der Waals surface area contributed by atoms with Crippen LogP contribution in [0.5, 0.6) is 0 Å². The van der Waals surface area contributed by atoms with Crippen LogP contribution < -0.4 is 5.32 Å². The molecule has 0 aliphatic heterocycles. The molecule has 2 aromatic carbocycles. The average molecular weight is 333 g/mol. The molecule has 2 heterocycles. The summed E-state index contributed by atoms with van der Waals surface area (Å²) in [5, 5.41) is 13.2. The number of hydrogen-bond donors (Lipinski definition) is 2. The molecule has 0 fully saturated rings. The highest BCUT2D eigenvalue weighted by Gasteiger charge is 2.09. The Morgan fingerprint density at radius 3 is 2.68 bits per heavy atom. The molecule has 5 nitrogen and oxygen atoms in total. The number of fused-ring (bicyclic) bond motifs is 1. The Morgan fingerprint density at radius 1 is 1.04 bits per heavy atom. The lowest BCUT2D eigenvalue weighted by Gasteiger charge is -2.10. The maximum Gasteiger partial charge on any atom is 0.133 e. The molecule has 4 rings (SSSR count). The van der Waals surface area contributed by atoms with Crippen LogP contribution in [-0.4, -0.2) is 21.2 Å². The third-order valence-electron chi connectivity index (χ3n) is 4.21. The highest BCUT2D eigenvalue weighted by Crippen LogP contribution is 2.18. The van der Waals surface area contributed by atoms with E-state index < -0.39 is 6.10 Å². The van der Waals surface area contributed by atoms with E-state index in [4.69, 9.17) is 4.42 Å². The molecule has 1 unspecified atom stereocenters. The molecule has 25 heavy (non-hydrogen) atoms. The van der Waals surface area contributed by atoms with Crippen molar-refractivity contribution in [3.05, 3.63) is 84.6 Å². The first kappa shape index (κ1) is 15.6. The van der Waals surface area contributed by atoms with E-state index in [2.05, 4.69) is 45.2 Å². The lowest BCUT2D eigenvalue weighted by molar-refractivity contribution is 0.147. The second-order valence-corrected chi connectivity index (χ2v) is 5.93. The molecular formula is C20H19N3O2. The molecule has 0 saturated carbocycles. The molecule has 5 heteroatoms. The van der Waals surface area contributed by atoms with Gasteiger partial charge in [-0.15, -0.1) is 0 Å². The van der Waals surface area contributed by atoms with Gasteiger partial charge in [-0.2, -0.15) is 0 Å². The van der Waals surface area contributed by atoms with Gasteiger partial charge in [0.1, 0.15) is 18.2 Å². The topological polar surface area (TPSA) is 63.2 Å². The lowest BCUT2D eigenvalue weighted by atomic mass is 10.2. The second-order valence-electron chi connectivity index (χ2n) is 5.93. The fourth-order valence-electron chi connectivity index (χ4n) is 2.87. The van der Waals surface area contributed by atoms with Crippen molar-refractivity contribution in [2.75, 3.05) is 6.54 Å². The van der Waals surface area contributed by atoms with Crippen LogP contribution in [0.3, 0.4) is 0 Å². The summed E-state index contributed by atoms with van der Waals surface area (Å²) in [6, 6.07) is 19.9. The summed E-state index contributed by atoms with van der Waals surface area (Å²) in [5.74, 6) is 0.579. The van der Waals surface area contributed by atoms with Gasteiger partial charge >= 0.3 is 0 Å². The number of aromatic nitrogens is 2. The maximum absolute atomic E-state index is 9.99. The van der Waals surface area contributed by atoms with Gasteiger partial charge < -0.3 is 14.8 Å². The van der Waals surface area contributed by atoms with Crippen LogP contribution in [0.4, 0.5) is 0 Å². The number of rotatable bonds is 6. The van der Waals surface area contributed by atoms with E-state index in [-0.39, 0.29) is 0 Å². The molecule has 2 aromatic heterocycles. The quantitative estimate of drug-likeness (QED) is 0.567. The fraction of sp³-hybridized carbons (Fsp3) is 0.150. The molecule has 2 N–H and O–H groups in total. The highest BCUT2D eigenvalue weighted by molar-refractivity contribution is 5.77. The zero-order valence-electron chi connectivity index (χ0n) is 13.7. The van der Waals surface area contributed by atoms with E-state index in [1.165, 1.54) is 0 Å². The molecule has 0 amide bonds. The molecule has 0 bridgehead atoms. The van der Waals surface area contributed by atoms with E-state index in [0.29, 0.717) is 18.8 Å². The van der Waals surface area contributed by atoms with Crippen molar-refractivity contribution in [1.29, 1.82) is 0 Å². The zero-order valence-corrected chi connectivity index (χ0v) is 13.7. The minimum atomic E-state index is -0.633. The largest absolute Gasteiger partial charge is 0.467 e. The number of para-hydroxylation sites is 2. The predicted molar refractivity (Wildman–Crippen MR) is 96.4 cm³/mol. The second kappa shape index (κ2) is 6.93. The minimum absolute atomic E-state index is 0.446. The fourth-order valence-corrected chi connectivity index (χ4v) is 2.87. The van der Waals surface area contributed by atoms with E-state index in [9.17, 15) is 5.11 Å². The number of hydrogen-bond acceptors (Lipinski definition) is 4. The van der Waals surface area contributed by atoms with Crippen LogP contribution >= 0.6 is 0 Å². The molecule has 126 valence electrons. The Balaban J connectivity index is 1.40. The molecule has 1 atom stereocenters. The van der Waals surface area contributed by atoms with Crippen molar-refractivity contribution in [3.63, 3.8) is 0 Å². The van der Waals surface area contributed by atoms with E-state index in [0.717, 1.165) is 22.3 Å². The standard InChI is InChI=1S/C20H19N3O2/c24-19(20-6-3-11-25-20)13-21-12-15-7-9-16(10-8-15)23-14-22-17-4-1-2-5-18(17)23/h1-11,14,19,21,24H,12-13H2. The van der Waals surface area contributed by atoms with Crippen molar-refractivity contribution in [3.8, 4) is 5.69 Å². The van der Waals surface area contributed by atoms with Gasteiger partial charge in [0.15, 0.2) is 0 Å². The minimum Gasteiger partial charge on any atom is -0.467 e. The summed E-state index contributed by atoms with van der Waals surface area (Å²) < 4.78 is 7.27. The molecule has 0 aliphatic carbocycles. The Kier molecular flexibility index (Phi) is 4.33. The van der Waals surface area contributed by atoms with Gasteiger partial charge in [-0.1, -0.05) is 24.3 Å². The van der Waals surface area contributed by atoms with Crippen LogP contribution in [0.25, 0.3) is 16.7 Å². The Labute approximate surface area is 145 Å². The number of imidazole rings is 1. The summed E-state index contributed by atoms with van der Waals surface area (Å²) >= 11 is 0. The average Bonchev–Trinajstić information content (AvgIpc) is 3.32. The molecule has 0 aliphatic rings. The van der Waals surface area contributed by atoms with E-state index >= 15 is 0 Å². The van der Waals surface area contributed by atoms with Crippen LogP contribution in [0.15, 0.2) is 77.7 Å². The van der Waals surface area contributed by atoms with E-state index in [1.807, 2.05) is 24.5 Å². The van der Waals surface area contributed by atoms with Crippen molar-refractivity contribution in [2.24, 2.45) is 0 Å². The van der Waals surface area contributed by atoms with Gasteiger partial charge in [0.05, 0.1) is 17.3 Å². The first-order chi connectivity index (χ1) is 12.3. The molecule has 0 spiro atoms. The third kappa shape index (κ3) is 3.33.